The summed E-state index contributed by atoms with van der Waals surface area (Å²) in [7, 11) is -7.84. The highest BCUT2D eigenvalue weighted by molar-refractivity contribution is 7.90. The summed E-state index contributed by atoms with van der Waals surface area (Å²) in [6.45, 7) is 0.314. The number of primary sulfonamides is 1. The zero-order chi connectivity index (χ0) is 24.1. The highest BCUT2D eigenvalue weighted by atomic mass is 35.5. The molecule has 33 heavy (non-hydrogen) atoms. The molecule has 12 heteroatoms. The Morgan fingerprint density at radius 2 is 1.48 bits per heavy atom. The average Bonchev–Trinajstić information content (AvgIpc) is 2.74. The van der Waals surface area contributed by atoms with Gasteiger partial charge in [0.15, 0.2) is 0 Å². The highest BCUT2D eigenvalue weighted by Crippen LogP contribution is 2.15. The Balaban J connectivity index is 1.55. The van der Waals surface area contributed by atoms with Crippen molar-refractivity contribution in [1.29, 1.82) is 0 Å². The summed E-state index contributed by atoms with van der Waals surface area (Å²) in [6, 6.07) is 17.6. The van der Waals surface area contributed by atoms with Crippen LogP contribution >= 0.6 is 11.6 Å². The topological polar surface area (TPSA) is 145 Å². The predicted molar refractivity (Wildman–Crippen MR) is 123 cm³/mol. The molecule has 0 aromatic heterocycles. The molecule has 1 amide bonds. The molecule has 3 aromatic rings. The van der Waals surface area contributed by atoms with Crippen molar-refractivity contribution in [3.05, 3.63) is 88.9 Å². The Hall–Kier alpha value is -3.25. The fourth-order valence-corrected chi connectivity index (χ4v) is 4.09. The minimum atomic E-state index is -4.10. The second-order valence-corrected chi connectivity index (χ2v) is 10.4. The maximum atomic E-state index is 12.2. The number of carbonyl (C=O) groups excluding carboxylic acids is 1. The molecule has 0 heterocycles. The van der Waals surface area contributed by atoms with E-state index >= 15 is 0 Å². The smallest absolute Gasteiger partial charge is 0.410 e. The quantitative estimate of drug-likeness (QED) is 0.470. The van der Waals surface area contributed by atoms with Gasteiger partial charge in [-0.2, -0.15) is 0 Å². The molecule has 3 N–H and O–H groups in total. The van der Waals surface area contributed by atoms with Crippen LogP contribution in [0.2, 0.25) is 5.02 Å². The maximum absolute atomic E-state index is 12.2. The van der Waals surface area contributed by atoms with Crippen molar-refractivity contribution in [1.82, 2.24) is 4.72 Å². The zero-order valence-corrected chi connectivity index (χ0v) is 19.3. The lowest BCUT2D eigenvalue weighted by Crippen LogP contribution is -2.33. The molecule has 0 radical (unpaired) electrons. The first-order valence-electron chi connectivity index (χ1n) is 9.25. The number of aliphatic imine (C=N–C) groups is 1. The molecule has 0 atom stereocenters. The highest BCUT2D eigenvalue weighted by Gasteiger charge is 2.18. The number of benzene rings is 3. The molecule has 0 saturated carbocycles. The van der Waals surface area contributed by atoms with Crippen LogP contribution in [0.4, 0.5) is 4.79 Å². The van der Waals surface area contributed by atoms with E-state index in [4.69, 9.17) is 21.5 Å². The molecule has 3 aromatic carbocycles. The number of nitrogens with one attached hydrogen (secondary N) is 1. The summed E-state index contributed by atoms with van der Waals surface area (Å²) < 4.78 is 53.7. The van der Waals surface area contributed by atoms with Gasteiger partial charge in [0.05, 0.1) is 16.3 Å². The zero-order valence-electron chi connectivity index (χ0n) is 16.9. The first kappa shape index (κ1) is 24.4. The van der Waals surface area contributed by atoms with Gasteiger partial charge < -0.3 is 4.74 Å². The van der Waals surface area contributed by atoms with Crippen LogP contribution in [0.15, 0.2) is 87.6 Å². The first-order valence-corrected chi connectivity index (χ1v) is 12.7. The van der Waals surface area contributed by atoms with Crippen molar-refractivity contribution >= 4 is 44.0 Å². The molecule has 0 unspecified atom stereocenters. The van der Waals surface area contributed by atoms with Crippen LogP contribution in [-0.4, -0.2) is 29.1 Å². The molecule has 0 aliphatic carbocycles. The first-order chi connectivity index (χ1) is 15.5. The number of amides is 1. The number of sulfonamides is 2. The largest absolute Gasteiger partial charge is 0.426 e. The lowest BCUT2D eigenvalue weighted by molar-refractivity contribution is 0.207. The van der Waals surface area contributed by atoms with Gasteiger partial charge in [0, 0.05) is 11.2 Å². The lowest BCUT2D eigenvalue weighted by atomic mass is 10.2. The number of rotatable bonds is 7. The van der Waals surface area contributed by atoms with Gasteiger partial charge in [0.1, 0.15) is 5.75 Å². The minimum Gasteiger partial charge on any atom is -0.410 e. The Kier molecular flexibility index (Phi) is 7.49. The molecule has 0 fully saturated rings. The average molecular weight is 508 g/mol. The molecule has 0 bridgehead atoms. The van der Waals surface area contributed by atoms with Gasteiger partial charge in [-0.05, 0) is 71.8 Å². The van der Waals surface area contributed by atoms with Crippen molar-refractivity contribution in [2.75, 3.05) is 0 Å². The number of hydrogen-bond acceptors (Lipinski definition) is 7. The van der Waals surface area contributed by atoms with E-state index in [1.165, 1.54) is 48.5 Å². The summed E-state index contributed by atoms with van der Waals surface area (Å²) >= 11 is 5.73. The molecule has 0 aliphatic rings. The van der Waals surface area contributed by atoms with Crippen molar-refractivity contribution < 1.29 is 26.4 Å². The third-order valence-corrected chi connectivity index (χ3v) is 6.71. The normalized spacial score (nSPS) is 11.9. The van der Waals surface area contributed by atoms with E-state index in [0.29, 0.717) is 17.1 Å². The van der Waals surface area contributed by atoms with E-state index in [9.17, 15) is 21.6 Å². The summed E-state index contributed by atoms with van der Waals surface area (Å²) in [5, 5.41) is 5.42. The molecule has 3 rings (SSSR count). The van der Waals surface area contributed by atoms with Gasteiger partial charge in [0.2, 0.25) is 10.0 Å². The molecular formula is C21H18ClN3O6S2. The summed E-state index contributed by atoms with van der Waals surface area (Å²) in [6.07, 6.45) is 0.428. The molecule has 0 saturated heterocycles. The summed E-state index contributed by atoms with van der Waals surface area (Å²) in [4.78, 5) is 16.1. The molecular weight excluding hydrogens is 490 g/mol. The van der Waals surface area contributed by atoms with Gasteiger partial charge in [-0.25, -0.2) is 31.5 Å². The fraction of sp³-hybridized carbons (Fsp3) is 0.0476. The van der Waals surface area contributed by atoms with Crippen molar-refractivity contribution in [3.8, 4) is 5.75 Å². The van der Waals surface area contributed by atoms with Crippen LogP contribution in [0.1, 0.15) is 11.1 Å². The van der Waals surface area contributed by atoms with Crippen molar-refractivity contribution in [2.24, 2.45) is 10.1 Å². The Morgan fingerprint density at radius 3 is 2.06 bits per heavy atom. The van der Waals surface area contributed by atoms with Crippen LogP contribution in [0, 0.1) is 0 Å². The standard InChI is InChI=1S/C21H18ClN3O6S2/c22-17-5-11-20(12-6-17)33(29,30)25-21(26)31-18-7-1-15(2-8-18)13-24-14-16-3-9-19(10-4-16)32(23,27)28/h1-13H,14H2,(H,25,26)(H2,23,27,28). The van der Waals surface area contributed by atoms with E-state index in [1.807, 2.05) is 4.72 Å². The molecule has 9 nitrogen and oxygen atoms in total. The maximum Gasteiger partial charge on any atom is 0.426 e. The number of carbonyl (C=O) groups is 1. The van der Waals surface area contributed by atoms with Gasteiger partial charge >= 0.3 is 6.09 Å². The van der Waals surface area contributed by atoms with Crippen molar-refractivity contribution in [2.45, 2.75) is 16.3 Å². The summed E-state index contributed by atoms with van der Waals surface area (Å²) in [5.41, 5.74) is 1.50. The van der Waals surface area contributed by atoms with Gasteiger partial charge in [-0.1, -0.05) is 23.7 Å². The molecule has 0 aliphatic heterocycles. The summed E-state index contributed by atoms with van der Waals surface area (Å²) in [5.74, 6) is 0.134. The number of nitrogens with two attached hydrogens (primary N) is 1. The predicted octanol–water partition coefficient (Wildman–Crippen LogP) is 3.08. The van der Waals surface area contributed by atoms with Crippen molar-refractivity contribution in [3.63, 3.8) is 0 Å². The third kappa shape index (κ3) is 7.12. The minimum absolute atomic E-state index is 0.0239. The third-order valence-electron chi connectivity index (χ3n) is 4.20. The van der Waals surface area contributed by atoms with E-state index < -0.39 is 26.1 Å². The van der Waals surface area contributed by atoms with Gasteiger partial charge in [-0.3, -0.25) is 4.99 Å². The number of halogens is 1. The monoisotopic (exact) mass is 507 g/mol. The van der Waals surface area contributed by atoms with E-state index in [-0.39, 0.29) is 15.5 Å². The number of ether oxygens (including phenoxy) is 1. The lowest BCUT2D eigenvalue weighted by Gasteiger charge is -2.08. The molecule has 172 valence electrons. The second kappa shape index (κ2) is 10.1. The number of hydrogen-bond donors (Lipinski definition) is 2. The van der Waals surface area contributed by atoms with E-state index in [2.05, 4.69) is 4.99 Å². The second-order valence-electron chi connectivity index (χ2n) is 6.68. The number of nitrogens with zero attached hydrogens (tertiary/aromatic N) is 1. The van der Waals surface area contributed by atoms with Crippen LogP contribution in [0.25, 0.3) is 0 Å². The Labute approximate surface area is 196 Å². The van der Waals surface area contributed by atoms with E-state index in [1.54, 1.807) is 30.5 Å². The van der Waals surface area contributed by atoms with Crippen LogP contribution < -0.4 is 14.6 Å². The van der Waals surface area contributed by atoms with Crippen LogP contribution in [-0.2, 0) is 26.6 Å². The van der Waals surface area contributed by atoms with Crippen LogP contribution in [0.5, 0.6) is 5.75 Å². The fourth-order valence-electron chi connectivity index (χ4n) is 2.57. The Morgan fingerprint density at radius 1 is 0.909 bits per heavy atom. The van der Waals surface area contributed by atoms with Crippen LogP contribution in [0.3, 0.4) is 0 Å². The van der Waals surface area contributed by atoms with E-state index in [0.717, 1.165) is 5.56 Å². The SMILES string of the molecule is NS(=O)(=O)c1ccc(CN=Cc2ccc(OC(=O)NS(=O)(=O)c3ccc(Cl)cc3)cc2)cc1. The molecule has 0 spiro atoms. The Bertz CT molecular complexity index is 1370. The van der Waals surface area contributed by atoms with Gasteiger partial charge in [0.25, 0.3) is 10.0 Å². The van der Waals surface area contributed by atoms with Gasteiger partial charge in [-0.15, -0.1) is 0 Å².